The Morgan fingerprint density at radius 1 is 0.349 bits per heavy atom. The summed E-state index contributed by atoms with van der Waals surface area (Å²) in [5.74, 6) is 6.92. The molecule has 15 nitrogen and oxygen atoms in total. The molecule has 6 aromatic heterocycles. The van der Waals surface area contributed by atoms with Crippen molar-refractivity contribution in [3.63, 3.8) is 0 Å². The minimum atomic E-state index is -4.53. The maximum absolute atomic E-state index is 14.2. The molecule has 0 bridgehead atoms. The van der Waals surface area contributed by atoms with Gasteiger partial charge in [-0.25, -0.2) is 64.7 Å². The fourth-order valence-electron chi connectivity index (χ4n) is 11.4. The molecule has 0 aliphatic carbocycles. The Kier molecular flexibility index (Phi) is 12.3. The van der Waals surface area contributed by atoms with Crippen LogP contribution in [0.4, 0.5) is 18.9 Å². The summed E-state index contributed by atoms with van der Waals surface area (Å²) < 4.78 is 46.9. The molecule has 18 heteroatoms. The molecule has 7 aromatic carbocycles. The molecule has 6 heterocycles. The summed E-state index contributed by atoms with van der Waals surface area (Å²) in [6, 6.07) is 40.0. The predicted octanol–water partition coefficient (Wildman–Crippen LogP) is 15.0. The van der Waals surface area contributed by atoms with Crippen molar-refractivity contribution in [1.29, 1.82) is 0 Å². The average Bonchev–Trinajstić information content (AvgIpc) is 2.74. The molecule has 0 unspecified atom stereocenters. The van der Waals surface area contributed by atoms with E-state index < -0.39 is 11.7 Å². The summed E-state index contributed by atoms with van der Waals surface area (Å²) in [7, 11) is 0. The number of aromatic nitrogens is 14. The quantitative estimate of drug-likeness (QED) is 0.132. The number of halogens is 3. The molecule has 0 radical (unpaired) electrons. The summed E-state index contributed by atoms with van der Waals surface area (Å²) in [6.45, 7) is 25.2. The Labute approximate surface area is 473 Å². The first-order valence-electron chi connectivity index (χ1n) is 26.6. The van der Waals surface area contributed by atoms with E-state index >= 15 is 0 Å². The molecule has 0 saturated carbocycles. The second-order valence-electron chi connectivity index (χ2n) is 20.7. The highest BCUT2D eigenvalue weighted by molar-refractivity contribution is 6.13. The number of aryl methyl sites for hydroxylation is 9. The minimum Gasteiger partial charge on any atom is -0.309 e. The third-order valence-corrected chi connectivity index (χ3v) is 14.8. The van der Waals surface area contributed by atoms with E-state index in [9.17, 15) is 13.2 Å². The maximum Gasteiger partial charge on any atom is 0.416 e. The van der Waals surface area contributed by atoms with Crippen molar-refractivity contribution < 1.29 is 13.2 Å². The Balaban J connectivity index is 1.08. The third kappa shape index (κ3) is 9.31. The molecule has 0 fully saturated rings. The monoisotopic (exact) mass is 1100 g/mol. The highest BCUT2D eigenvalue weighted by Gasteiger charge is 2.31. The molecular weight excluding hydrogens is 1050 g/mol. The van der Waals surface area contributed by atoms with Crippen LogP contribution < -0.4 is 0 Å². The number of hydrogen-bond acceptors (Lipinski definition) is 12. The van der Waals surface area contributed by atoms with E-state index in [0.717, 1.165) is 77.6 Å². The Morgan fingerprint density at radius 3 is 1.08 bits per heavy atom. The summed E-state index contributed by atoms with van der Waals surface area (Å²) in [5.41, 5.74) is 10.6. The van der Waals surface area contributed by atoms with Gasteiger partial charge in [0, 0.05) is 49.5 Å². The second-order valence-corrected chi connectivity index (χ2v) is 20.7. The lowest BCUT2D eigenvalue weighted by molar-refractivity contribution is -0.137. The zero-order chi connectivity index (χ0) is 57.7. The molecule has 404 valence electrons. The topological polar surface area (TPSA) is 169 Å². The predicted molar refractivity (Wildman–Crippen MR) is 315 cm³/mol. The Hall–Kier alpha value is -10.5. The van der Waals surface area contributed by atoms with Crippen molar-refractivity contribution in [2.45, 2.75) is 68.5 Å². The number of hydrogen-bond donors (Lipinski definition) is 0. The molecule has 0 aliphatic heterocycles. The molecule has 0 aliphatic rings. The van der Waals surface area contributed by atoms with Crippen LogP contribution in [0.2, 0.25) is 0 Å². The number of fused-ring (bicyclic) bond motifs is 6. The van der Waals surface area contributed by atoms with Crippen LogP contribution in [0.1, 0.15) is 57.7 Å². The van der Waals surface area contributed by atoms with Gasteiger partial charge in [0.25, 0.3) is 0 Å². The van der Waals surface area contributed by atoms with E-state index in [1.165, 1.54) is 12.1 Å². The van der Waals surface area contributed by atoms with E-state index in [-0.39, 0.29) is 0 Å². The molecule has 0 atom stereocenters. The van der Waals surface area contributed by atoms with Crippen LogP contribution in [0.5, 0.6) is 0 Å². The van der Waals surface area contributed by atoms with E-state index in [1.807, 2.05) is 128 Å². The van der Waals surface area contributed by atoms with E-state index in [1.54, 1.807) is 6.92 Å². The van der Waals surface area contributed by atoms with Gasteiger partial charge in [0.05, 0.1) is 39.9 Å². The summed E-state index contributed by atoms with van der Waals surface area (Å²) in [6.07, 6.45) is -4.53. The number of nitrogens with zero attached hydrogens (tertiary/aromatic N) is 15. The molecule has 0 saturated heterocycles. The van der Waals surface area contributed by atoms with E-state index in [0.29, 0.717) is 109 Å². The summed E-state index contributed by atoms with van der Waals surface area (Å²) in [4.78, 5) is 59.7. The van der Waals surface area contributed by atoms with Crippen LogP contribution in [0.15, 0.2) is 127 Å². The molecule has 0 N–H and O–H groups in total. The van der Waals surface area contributed by atoms with E-state index in [4.69, 9.17) is 46.4 Å². The lowest BCUT2D eigenvalue weighted by Crippen LogP contribution is -2.05. The average molecular weight is 1100 g/mol. The molecule has 0 amide bonds. The normalized spacial score (nSPS) is 11.8. The van der Waals surface area contributed by atoms with Crippen molar-refractivity contribution in [1.82, 2.24) is 68.9 Å². The van der Waals surface area contributed by atoms with Crippen molar-refractivity contribution in [2.75, 3.05) is 0 Å². The first-order chi connectivity index (χ1) is 39.8. The SMILES string of the molecule is [C-]#[N+]c1ccc(-n2c3ccc(-c4nc(C)nc(C)n4)cc3c3cc(-c4nc(C)nc(C)n4)ccc32)cc1-c1cc(-c2ccc(C(F)(F)F)cc2C)ccc1-n1c2ccc(-c3nc(C)nc(C)n3)cc2c2cc(-c3nc(C)nc(C)n3)ccc21. The fourth-order valence-corrected chi connectivity index (χ4v) is 11.4. The van der Waals surface area contributed by atoms with Gasteiger partial charge in [0.2, 0.25) is 0 Å². The molecule has 83 heavy (non-hydrogen) atoms. The Morgan fingerprint density at radius 2 is 0.723 bits per heavy atom. The van der Waals surface area contributed by atoms with Crippen LogP contribution in [0, 0.1) is 68.9 Å². The van der Waals surface area contributed by atoms with Gasteiger partial charge in [-0.3, -0.25) is 0 Å². The van der Waals surface area contributed by atoms with Crippen molar-refractivity contribution in [3.05, 3.63) is 197 Å². The van der Waals surface area contributed by atoms with Crippen molar-refractivity contribution >= 4 is 49.3 Å². The van der Waals surface area contributed by atoms with E-state index in [2.05, 4.69) is 70.3 Å². The van der Waals surface area contributed by atoms with Gasteiger partial charge >= 0.3 is 6.18 Å². The van der Waals surface area contributed by atoms with Gasteiger partial charge < -0.3 is 9.13 Å². The lowest BCUT2D eigenvalue weighted by Gasteiger charge is -2.19. The van der Waals surface area contributed by atoms with Crippen molar-refractivity contribution in [3.8, 4) is 79.2 Å². The standard InChI is InChI=1S/C65H48F3N15/c1-32-25-46(65(66,67)68)16-18-48(32)41-11-20-58(83-59-23-14-44(63-78-37(6)72-38(7)79-63)29-53(59)54-30-45(15-24-60(54)83)64-80-39(8)73-40(9)81-64)50(26-41)49-31-47(17-19-55(49)69-10)82-56-21-12-42(61-74-33(2)70-34(3)75-61)27-51(56)52-28-43(13-22-57(52)82)62-76-35(4)71-36(5)77-62/h11-31H,1-9H3. The lowest BCUT2D eigenvalue weighted by atomic mass is 9.93. The van der Waals surface area contributed by atoms with Gasteiger partial charge in [-0.2, -0.15) is 13.2 Å². The fraction of sp³-hybridized carbons (Fsp3) is 0.154. The molecule has 0 spiro atoms. The second kappa shape index (κ2) is 19.6. The largest absolute Gasteiger partial charge is 0.416 e. The number of benzene rings is 7. The van der Waals surface area contributed by atoms with Crippen LogP contribution in [-0.4, -0.2) is 68.9 Å². The minimum absolute atomic E-state index is 0.356. The zero-order valence-electron chi connectivity index (χ0n) is 46.5. The Bertz CT molecular complexity index is 4640. The molecule has 13 rings (SSSR count). The van der Waals surface area contributed by atoms with Crippen molar-refractivity contribution in [2.24, 2.45) is 0 Å². The van der Waals surface area contributed by atoms with Crippen LogP contribution in [0.25, 0.3) is 128 Å². The van der Waals surface area contributed by atoms with Crippen LogP contribution in [-0.2, 0) is 6.18 Å². The summed E-state index contributed by atoms with van der Waals surface area (Å²) in [5, 5.41) is 3.56. The van der Waals surface area contributed by atoms with Crippen LogP contribution in [0.3, 0.4) is 0 Å². The first kappa shape index (κ1) is 51.9. The van der Waals surface area contributed by atoms with Gasteiger partial charge in [-0.1, -0.05) is 18.2 Å². The first-order valence-corrected chi connectivity index (χ1v) is 26.6. The van der Waals surface area contributed by atoms with Gasteiger partial charge in [-0.05, 0) is 199 Å². The third-order valence-electron chi connectivity index (χ3n) is 14.8. The van der Waals surface area contributed by atoms with Gasteiger partial charge in [0.15, 0.2) is 29.0 Å². The van der Waals surface area contributed by atoms with Gasteiger partial charge in [-0.15, -0.1) is 0 Å². The van der Waals surface area contributed by atoms with Crippen LogP contribution >= 0.6 is 0 Å². The number of rotatable bonds is 8. The summed E-state index contributed by atoms with van der Waals surface area (Å²) >= 11 is 0. The smallest absolute Gasteiger partial charge is 0.309 e. The maximum atomic E-state index is 14.2. The molecule has 13 aromatic rings. The number of alkyl halides is 3. The van der Waals surface area contributed by atoms with Gasteiger partial charge in [0.1, 0.15) is 46.6 Å². The highest BCUT2D eigenvalue weighted by Crippen LogP contribution is 2.45. The highest BCUT2D eigenvalue weighted by atomic mass is 19.4. The zero-order valence-corrected chi connectivity index (χ0v) is 46.5. The molecular formula is C65H48F3N15.